The summed E-state index contributed by atoms with van der Waals surface area (Å²) in [5, 5.41) is 4.27. The van der Waals surface area contributed by atoms with Gasteiger partial charge in [-0.15, -0.1) is 0 Å². The normalized spacial score (nSPS) is 22.4. The van der Waals surface area contributed by atoms with Crippen LogP contribution in [0.25, 0.3) is 0 Å². The molecule has 3 heterocycles. The van der Waals surface area contributed by atoms with Crippen LogP contribution in [0.15, 0.2) is 35.5 Å². The van der Waals surface area contributed by atoms with Gasteiger partial charge in [-0.05, 0) is 32.4 Å². The summed E-state index contributed by atoms with van der Waals surface area (Å²) in [4.78, 5) is 0.246. The lowest BCUT2D eigenvalue weighted by atomic mass is 10.0. The molecular formula is C19H25N3O4S. The molecule has 2 aliphatic rings. The lowest BCUT2D eigenvalue weighted by Crippen LogP contribution is -2.42. The zero-order chi connectivity index (χ0) is 19.2. The Balaban J connectivity index is 1.62. The molecule has 0 bridgehead atoms. The van der Waals surface area contributed by atoms with Crippen molar-refractivity contribution in [2.45, 2.75) is 50.3 Å². The molecule has 146 valence electrons. The number of para-hydroxylation sites is 1. The highest BCUT2D eigenvalue weighted by Gasteiger charge is 2.38. The Bertz CT molecular complexity index is 952. The second-order valence-electron chi connectivity index (χ2n) is 7.63. The van der Waals surface area contributed by atoms with Crippen molar-refractivity contribution in [3.05, 3.63) is 41.7 Å². The zero-order valence-electron chi connectivity index (χ0n) is 15.9. The monoisotopic (exact) mass is 391 g/mol. The van der Waals surface area contributed by atoms with Crippen LogP contribution in [0.2, 0.25) is 0 Å². The lowest BCUT2D eigenvalue weighted by molar-refractivity contribution is -0.00268. The number of ether oxygens (including phenoxy) is 2. The summed E-state index contributed by atoms with van der Waals surface area (Å²) in [6.45, 7) is 7.66. The van der Waals surface area contributed by atoms with Gasteiger partial charge in [0.15, 0.2) is 0 Å². The number of rotatable bonds is 4. The first-order valence-corrected chi connectivity index (χ1v) is 10.7. The molecule has 8 heteroatoms. The molecule has 1 atom stereocenters. The number of morpholine rings is 1. The molecule has 1 saturated heterocycles. The van der Waals surface area contributed by atoms with E-state index in [4.69, 9.17) is 9.47 Å². The van der Waals surface area contributed by atoms with E-state index in [1.807, 2.05) is 37.7 Å². The third kappa shape index (κ3) is 3.37. The Morgan fingerprint density at radius 2 is 2.15 bits per heavy atom. The average molecular weight is 391 g/mol. The maximum atomic E-state index is 13.4. The van der Waals surface area contributed by atoms with Crippen LogP contribution in [0.5, 0.6) is 5.75 Å². The van der Waals surface area contributed by atoms with Crippen molar-refractivity contribution >= 4 is 10.0 Å². The number of hydrogen-bond donors (Lipinski definition) is 0. The number of hydrogen-bond acceptors (Lipinski definition) is 5. The van der Waals surface area contributed by atoms with Gasteiger partial charge < -0.3 is 9.47 Å². The van der Waals surface area contributed by atoms with Gasteiger partial charge in [0.1, 0.15) is 16.2 Å². The summed E-state index contributed by atoms with van der Waals surface area (Å²) < 4.78 is 41.8. The highest BCUT2D eigenvalue weighted by Crippen LogP contribution is 2.41. The minimum atomic E-state index is -3.68. The third-order valence-corrected chi connectivity index (χ3v) is 6.94. The topological polar surface area (TPSA) is 73.7 Å². The minimum absolute atomic E-state index is 0.246. The molecule has 0 radical (unpaired) electrons. The van der Waals surface area contributed by atoms with Crippen LogP contribution in [-0.4, -0.2) is 47.8 Å². The molecule has 2 aromatic rings. The maximum Gasteiger partial charge on any atom is 0.246 e. The molecule has 27 heavy (non-hydrogen) atoms. The fraction of sp³-hybridized carbons (Fsp3) is 0.526. The average Bonchev–Trinajstić information content (AvgIpc) is 3.23. The van der Waals surface area contributed by atoms with E-state index in [9.17, 15) is 8.42 Å². The van der Waals surface area contributed by atoms with E-state index >= 15 is 0 Å². The SMILES string of the molecule is CCn1cc(C2CN(S(=O)(=O)c3cccc4c3OC(C)(C)C4)CCO2)cn1. The highest BCUT2D eigenvalue weighted by atomic mass is 32.2. The van der Waals surface area contributed by atoms with Gasteiger partial charge in [0.05, 0.1) is 18.9 Å². The first kappa shape index (κ1) is 18.5. The van der Waals surface area contributed by atoms with Crippen LogP contribution >= 0.6 is 0 Å². The summed E-state index contributed by atoms with van der Waals surface area (Å²) in [6, 6.07) is 5.36. The van der Waals surface area contributed by atoms with Crippen LogP contribution in [0.4, 0.5) is 0 Å². The van der Waals surface area contributed by atoms with Gasteiger partial charge in [-0.3, -0.25) is 4.68 Å². The maximum absolute atomic E-state index is 13.4. The predicted octanol–water partition coefficient (Wildman–Crippen LogP) is 2.38. The van der Waals surface area contributed by atoms with Crippen molar-refractivity contribution in [3.63, 3.8) is 0 Å². The van der Waals surface area contributed by atoms with Gasteiger partial charge in [0.2, 0.25) is 10.0 Å². The van der Waals surface area contributed by atoms with E-state index < -0.39 is 15.6 Å². The first-order chi connectivity index (χ1) is 12.8. The summed E-state index contributed by atoms with van der Waals surface area (Å²) in [7, 11) is -3.68. The number of nitrogens with zero attached hydrogens (tertiary/aromatic N) is 3. The highest BCUT2D eigenvalue weighted by molar-refractivity contribution is 7.89. The summed E-state index contributed by atoms with van der Waals surface area (Å²) in [6.07, 6.45) is 4.04. The Morgan fingerprint density at radius 3 is 2.89 bits per heavy atom. The van der Waals surface area contributed by atoms with Gasteiger partial charge in [0, 0.05) is 37.8 Å². The standard InChI is InChI=1S/C19H25N3O4S/c1-4-21-12-15(11-20-21)16-13-22(8-9-25-16)27(23,24)17-7-5-6-14-10-19(2,3)26-18(14)17/h5-7,11-12,16H,4,8-10,13H2,1-3H3. The number of aryl methyl sites for hydroxylation is 1. The first-order valence-electron chi connectivity index (χ1n) is 9.25. The second kappa shape index (κ2) is 6.61. The molecule has 7 nitrogen and oxygen atoms in total. The molecule has 4 rings (SSSR count). The van der Waals surface area contributed by atoms with Crippen molar-refractivity contribution in [1.82, 2.24) is 14.1 Å². The molecule has 2 aliphatic heterocycles. The lowest BCUT2D eigenvalue weighted by Gasteiger charge is -2.32. The van der Waals surface area contributed by atoms with E-state index in [-0.39, 0.29) is 17.5 Å². The largest absolute Gasteiger partial charge is 0.486 e. The van der Waals surface area contributed by atoms with Crippen LogP contribution in [-0.2, 0) is 27.7 Å². The van der Waals surface area contributed by atoms with Crippen LogP contribution in [0, 0.1) is 0 Å². The fourth-order valence-electron chi connectivity index (χ4n) is 3.69. The van der Waals surface area contributed by atoms with Gasteiger partial charge in [0.25, 0.3) is 0 Å². The van der Waals surface area contributed by atoms with E-state index in [1.54, 1.807) is 18.3 Å². The summed E-state index contributed by atoms with van der Waals surface area (Å²) >= 11 is 0. The van der Waals surface area contributed by atoms with Crippen LogP contribution < -0.4 is 4.74 Å². The van der Waals surface area contributed by atoms with Crippen molar-refractivity contribution in [1.29, 1.82) is 0 Å². The van der Waals surface area contributed by atoms with Crippen LogP contribution in [0.3, 0.4) is 0 Å². The van der Waals surface area contributed by atoms with E-state index in [0.29, 0.717) is 25.3 Å². The van der Waals surface area contributed by atoms with Crippen LogP contribution in [0.1, 0.15) is 38.0 Å². The number of aromatic nitrogens is 2. The smallest absolute Gasteiger partial charge is 0.246 e. The Morgan fingerprint density at radius 1 is 1.33 bits per heavy atom. The molecule has 1 aromatic heterocycles. The number of sulfonamides is 1. The van der Waals surface area contributed by atoms with Crippen molar-refractivity contribution in [2.75, 3.05) is 19.7 Å². The van der Waals surface area contributed by atoms with Gasteiger partial charge in [-0.25, -0.2) is 8.42 Å². The second-order valence-corrected chi connectivity index (χ2v) is 9.54. The predicted molar refractivity (Wildman–Crippen MR) is 100 cm³/mol. The Labute approximate surface area is 159 Å². The van der Waals surface area contributed by atoms with Gasteiger partial charge in [-0.1, -0.05) is 12.1 Å². The van der Waals surface area contributed by atoms with Crippen molar-refractivity contribution in [3.8, 4) is 5.75 Å². The van der Waals surface area contributed by atoms with Gasteiger partial charge in [-0.2, -0.15) is 9.40 Å². The number of fused-ring (bicyclic) bond motifs is 1. The number of benzene rings is 1. The molecule has 1 unspecified atom stereocenters. The minimum Gasteiger partial charge on any atom is -0.486 e. The molecule has 1 aromatic carbocycles. The van der Waals surface area contributed by atoms with E-state index in [0.717, 1.165) is 17.7 Å². The molecule has 0 amide bonds. The molecule has 0 N–H and O–H groups in total. The Kier molecular flexibility index (Phi) is 4.52. The van der Waals surface area contributed by atoms with Crippen molar-refractivity contribution in [2.24, 2.45) is 0 Å². The fourth-order valence-corrected chi connectivity index (χ4v) is 5.28. The third-order valence-electron chi connectivity index (χ3n) is 5.05. The molecule has 0 spiro atoms. The summed E-state index contributed by atoms with van der Waals surface area (Å²) in [5.41, 5.74) is 1.44. The molecular weight excluding hydrogens is 366 g/mol. The zero-order valence-corrected chi connectivity index (χ0v) is 16.7. The Hall–Kier alpha value is -1.90. The van der Waals surface area contributed by atoms with E-state index in [2.05, 4.69) is 5.10 Å². The molecule has 0 saturated carbocycles. The quantitative estimate of drug-likeness (QED) is 0.800. The molecule has 0 aliphatic carbocycles. The summed E-state index contributed by atoms with van der Waals surface area (Å²) in [5.74, 6) is 0.490. The molecule has 1 fully saturated rings. The van der Waals surface area contributed by atoms with Crippen molar-refractivity contribution < 1.29 is 17.9 Å². The van der Waals surface area contributed by atoms with E-state index in [1.165, 1.54) is 4.31 Å². The van der Waals surface area contributed by atoms with Gasteiger partial charge >= 0.3 is 0 Å².